The van der Waals surface area contributed by atoms with Crippen LogP contribution < -0.4 is 5.73 Å². The zero-order chi connectivity index (χ0) is 12.0. The van der Waals surface area contributed by atoms with Crippen molar-refractivity contribution in [2.75, 3.05) is 6.54 Å². The van der Waals surface area contributed by atoms with Gasteiger partial charge in [0, 0.05) is 29.4 Å². The SMILES string of the molecule is Cc1cc(C2(CN)CCCC2)c(C)n1C1CC1. The van der Waals surface area contributed by atoms with E-state index >= 15 is 0 Å². The highest BCUT2D eigenvalue weighted by atomic mass is 15.1. The van der Waals surface area contributed by atoms with Gasteiger partial charge in [-0.25, -0.2) is 0 Å². The van der Waals surface area contributed by atoms with E-state index in [1.807, 2.05) is 0 Å². The number of nitrogens with two attached hydrogens (primary N) is 1. The van der Waals surface area contributed by atoms with Crippen LogP contribution in [-0.2, 0) is 5.41 Å². The molecule has 0 unspecified atom stereocenters. The zero-order valence-corrected chi connectivity index (χ0v) is 11.1. The summed E-state index contributed by atoms with van der Waals surface area (Å²) >= 11 is 0. The second kappa shape index (κ2) is 3.88. The lowest BCUT2D eigenvalue weighted by molar-refractivity contribution is 0.449. The Balaban J connectivity index is 2.05. The molecule has 2 aliphatic rings. The maximum Gasteiger partial charge on any atom is 0.0337 e. The molecule has 1 aromatic rings. The van der Waals surface area contributed by atoms with Gasteiger partial charge in [-0.3, -0.25) is 0 Å². The van der Waals surface area contributed by atoms with Gasteiger partial charge < -0.3 is 10.3 Å². The van der Waals surface area contributed by atoms with Crippen LogP contribution in [0.2, 0.25) is 0 Å². The molecule has 0 radical (unpaired) electrons. The highest BCUT2D eigenvalue weighted by molar-refractivity contribution is 5.36. The predicted octanol–water partition coefficient (Wildman–Crippen LogP) is 3.21. The topological polar surface area (TPSA) is 30.9 Å². The van der Waals surface area contributed by atoms with Crippen molar-refractivity contribution in [3.8, 4) is 0 Å². The van der Waals surface area contributed by atoms with Crippen molar-refractivity contribution in [3.63, 3.8) is 0 Å². The third kappa shape index (κ3) is 1.65. The van der Waals surface area contributed by atoms with Crippen LogP contribution in [0.15, 0.2) is 6.07 Å². The second-order valence-electron chi connectivity index (χ2n) is 6.08. The molecule has 2 N–H and O–H groups in total. The van der Waals surface area contributed by atoms with Crippen molar-refractivity contribution in [3.05, 3.63) is 23.0 Å². The van der Waals surface area contributed by atoms with Crippen LogP contribution in [0, 0.1) is 13.8 Å². The monoisotopic (exact) mass is 232 g/mol. The Morgan fingerprint density at radius 3 is 2.47 bits per heavy atom. The summed E-state index contributed by atoms with van der Waals surface area (Å²) in [5.41, 5.74) is 10.9. The van der Waals surface area contributed by atoms with E-state index in [2.05, 4.69) is 24.5 Å². The molecule has 0 atom stereocenters. The van der Waals surface area contributed by atoms with Crippen LogP contribution in [0.5, 0.6) is 0 Å². The molecule has 1 heterocycles. The molecular weight excluding hydrogens is 208 g/mol. The molecule has 0 aromatic carbocycles. The summed E-state index contributed by atoms with van der Waals surface area (Å²) in [7, 11) is 0. The first kappa shape index (κ1) is 11.3. The standard InChI is InChI=1S/C15H24N2/c1-11-9-14(12(2)17(11)13-5-6-13)15(10-16)7-3-4-8-15/h9,13H,3-8,10,16H2,1-2H3. The normalized spacial score (nSPS) is 23.2. The van der Waals surface area contributed by atoms with E-state index in [4.69, 9.17) is 5.73 Å². The second-order valence-corrected chi connectivity index (χ2v) is 6.08. The molecule has 0 bridgehead atoms. The van der Waals surface area contributed by atoms with Gasteiger partial charge in [0.05, 0.1) is 0 Å². The molecule has 2 nitrogen and oxygen atoms in total. The molecule has 1 aromatic heterocycles. The summed E-state index contributed by atoms with van der Waals surface area (Å²) < 4.78 is 2.56. The molecule has 3 rings (SSSR count). The Kier molecular flexibility index (Phi) is 2.58. The zero-order valence-electron chi connectivity index (χ0n) is 11.1. The molecule has 2 heteroatoms. The van der Waals surface area contributed by atoms with E-state index in [0.29, 0.717) is 5.41 Å². The molecule has 2 fully saturated rings. The third-order valence-corrected chi connectivity index (χ3v) is 4.92. The fraction of sp³-hybridized carbons (Fsp3) is 0.733. The average Bonchev–Trinajstić information content (AvgIpc) is 2.94. The first-order valence-corrected chi connectivity index (χ1v) is 7.07. The Hall–Kier alpha value is -0.760. The van der Waals surface area contributed by atoms with Gasteiger partial charge >= 0.3 is 0 Å². The summed E-state index contributed by atoms with van der Waals surface area (Å²) in [4.78, 5) is 0. The minimum atomic E-state index is 0.301. The lowest BCUT2D eigenvalue weighted by Gasteiger charge is -2.28. The minimum absolute atomic E-state index is 0.301. The van der Waals surface area contributed by atoms with Crippen molar-refractivity contribution >= 4 is 0 Å². The molecule has 2 aliphatic carbocycles. The van der Waals surface area contributed by atoms with Crippen molar-refractivity contribution in [2.45, 2.75) is 63.8 Å². The van der Waals surface area contributed by atoms with Gasteiger partial charge in [0.1, 0.15) is 0 Å². The minimum Gasteiger partial charge on any atom is -0.346 e. The van der Waals surface area contributed by atoms with Gasteiger partial charge in [-0.15, -0.1) is 0 Å². The third-order valence-electron chi connectivity index (χ3n) is 4.92. The summed E-state index contributed by atoms with van der Waals surface area (Å²) in [5, 5.41) is 0. The number of nitrogens with zero attached hydrogens (tertiary/aromatic N) is 1. The maximum absolute atomic E-state index is 6.11. The summed E-state index contributed by atoms with van der Waals surface area (Å²) in [6.07, 6.45) is 8.02. The van der Waals surface area contributed by atoms with E-state index in [1.165, 1.54) is 49.9 Å². The highest BCUT2D eigenvalue weighted by Gasteiger charge is 2.38. The van der Waals surface area contributed by atoms with Crippen LogP contribution in [0.3, 0.4) is 0 Å². The average molecular weight is 232 g/mol. The summed E-state index contributed by atoms with van der Waals surface area (Å²) in [6, 6.07) is 3.21. The van der Waals surface area contributed by atoms with Crippen LogP contribution >= 0.6 is 0 Å². The van der Waals surface area contributed by atoms with Crippen LogP contribution in [0.4, 0.5) is 0 Å². The largest absolute Gasteiger partial charge is 0.346 e. The van der Waals surface area contributed by atoms with E-state index in [1.54, 1.807) is 5.56 Å². The van der Waals surface area contributed by atoms with Gasteiger partial charge in [0.25, 0.3) is 0 Å². The Morgan fingerprint density at radius 2 is 1.94 bits per heavy atom. The van der Waals surface area contributed by atoms with Gasteiger partial charge in [-0.05, 0) is 51.2 Å². The summed E-state index contributed by atoms with van der Waals surface area (Å²) in [6.45, 7) is 5.38. The Morgan fingerprint density at radius 1 is 1.29 bits per heavy atom. The van der Waals surface area contributed by atoms with Gasteiger partial charge in [0.15, 0.2) is 0 Å². The van der Waals surface area contributed by atoms with E-state index in [-0.39, 0.29) is 0 Å². The number of aryl methyl sites for hydroxylation is 1. The van der Waals surface area contributed by atoms with Crippen LogP contribution in [0.25, 0.3) is 0 Å². The lowest BCUT2D eigenvalue weighted by atomic mass is 9.79. The molecule has 17 heavy (non-hydrogen) atoms. The first-order chi connectivity index (χ1) is 8.18. The Bertz CT molecular complexity index is 420. The Labute approximate surface area is 104 Å². The van der Waals surface area contributed by atoms with E-state index < -0.39 is 0 Å². The molecular formula is C15H24N2. The van der Waals surface area contributed by atoms with Crippen molar-refractivity contribution in [2.24, 2.45) is 5.73 Å². The van der Waals surface area contributed by atoms with Crippen molar-refractivity contribution < 1.29 is 0 Å². The molecule has 0 saturated heterocycles. The number of hydrogen-bond donors (Lipinski definition) is 1. The fourth-order valence-corrected chi connectivity index (χ4v) is 3.84. The van der Waals surface area contributed by atoms with Gasteiger partial charge in [-0.2, -0.15) is 0 Å². The molecule has 94 valence electrons. The van der Waals surface area contributed by atoms with Gasteiger partial charge in [0.2, 0.25) is 0 Å². The number of hydrogen-bond acceptors (Lipinski definition) is 1. The smallest absolute Gasteiger partial charge is 0.0337 e. The maximum atomic E-state index is 6.11. The van der Waals surface area contributed by atoms with Crippen LogP contribution in [-0.4, -0.2) is 11.1 Å². The van der Waals surface area contributed by atoms with Crippen molar-refractivity contribution in [1.29, 1.82) is 0 Å². The summed E-state index contributed by atoms with van der Waals surface area (Å²) in [5.74, 6) is 0. The predicted molar refractivity (Wildman–Crippen MR) is 71.4 cm³/mol. The lowest BCUT2D eigenvalue weighted by Crippen LogP contribution is -2.32. The van der Waals surface area contributed by atoms with Gasteiger partial charge in [-0.1, -0.05) is 12.8 Å². The highest BCUT2D eigenvalue weighted by Crippen LogP contribution is 2.45. The quantitative estimate of drug-likeness (QED) is 0.852. The molecule has 0 aliphatic heterocycles. The van der Waals surface area contributed by atoms with Crippen molar-refractivity contribution in [1.82, 2.24) is 4.57 Å². The molecule has 2 saturated carbocycles. The van der Waals surface area contributed by atoms with E-state index in [9.17, 15) is 0 Å². The number of rotatable bonds is 3. The van der Waals surface area contributed by atoms with E-state index in [0.717, 1.165) is 12.6 Å². The molecule has 0 amide bonds. The number of aromatic nitrogens is 1. The fourth-order valence-electron chi connectivity index (χ4n) is 3.84. The van der Waals surface area contributed by atoms with Crippen LogP contribution in [0.1, 0.15) is 61.5 Å². The molecule has 0 spiro atoms. The first-order valence-electron chi connectivity index (χ1n) is 7.07.